The van der Waals surface area contributed by atoms with E-state index in [1.54, 1.807) is 12.1 Å². The van der Waals surface area contributed by atoms with Gasteiger partial charge in [0.1, 0.15) is 5.15 Å². The third-order valence-corrected chi connectivity index (χ3v) is 3.57. The number of hydrogen-bond acceptors (Lipinski definition) is 2. The van der Waals surface area contributed by atoms with Gasteiger partial charge in [0.05, 0.1) is 5.56 Å². The van der Waals surface area contributed by atoms with Crippen molar-refractivity contribution in [2.24, 2.45) is 0 Å². The van der Waals surface area contributed by atoms with Crippen LogP contribution in [-0.2, 0) is 0 Å². The number of anilines is 1. The summed E-state index contributed by atoms with van der Waals surface area (Å²) in [5.41, 5.74) is 2.49. The van der Waals surface area contributed by atoms with Crippen LogP contribution in [0.15, 0.2) is 42.6 Å². The monoisotopic (exact) mass is 288 g/mol. The molecule has 104 valence electrons. The SMILES string of the molecule is CC[C@@H](C)c1ccccc1NC(=O)c1ccc(Cl)nc1. The predicted molar refractivity (Wildman–Crippen MR) is 82.3 cm³/mol. The number of carbonyl (C=O) groups is 1. The number of rotatable bonds is 4. The number of hydrogen-bond donors (Lipinski definition) is 1. The highest BCUT2D eigenvalue weighted by Gasteiger charge is 2.12. The summed E-state index contributed by atoms with van der Waals surface area (Å²) in [4.78, 5) is 16.1. The van der Waals surface area contributed by atoms with Gasteiger partial charge in [-0.2, -0.15) is 0 Å². The summed E-state index contributed by atoms with van der Waals surface area (Å²) in [5, 5.41) is 3.32. The maximum Gasteiger partial charge on any atom is 0.257 e. The third-order valence-electron chi connectivity index (χ3n) is 3.34. The van der Waals surface area contributed by atoms with Crippen molar-refractivity contribution in [2.45, 2.75) is 26.2 Å². The van der Waals surface area contributed by atoms with E-state index in [1.165, 1.54) is 6.20 Å². The van der Waals surface area contributed by atoms with Crippen LogP contribution in [0.2, 0.25) is 5.15 Å². The van der Waals surface area contributed by atoms with E-state index in [9.17, 15) is 4.79 Å². The van der Waals surface area contributed by atoms with Crippen molar-refractivity contribution >= 4 is 23.2 Å². The summed E-state index contributed by atoms with van der Waals surface area (Å²) in [6.07, 6.45) is 2.50. The molecular weight excluding hydrogens is 272 g/mol. The molecule has 0 saturated heterocycles. The van der Waals surface area contributed by atoms with Gasteiger partial charge in [-0.25, -0.2) is 4.98 Å². The van der Waals surface area contributed by atoms with Crippen molar-refractivity contribution in [1.82, 2.24) is 4.98 Å². The molecule has 1 atom stereocenters. The Balaban J connectivity index is 2.21. The molecule has 0 aliphatic heterocycles. The Kier molecular flexibility index (Phi) is 4.74. The van der Waals surface area contributed by atoms with E-state index in [0.29, 0.717) is 16.6 Å². The van der Waals surface area contributed by atoms with Gasteiger partial charge in [-0.15, -0.1) is 0 Å². The highest BCUT2D eigenvalue weighted by atomic mass is 35.5. The van der Waals surface area contributed by atoms with Crippen LogP contribution >= 0.6 is 11.6 Å². The van der Waals surface area contributed by atoms with E-state index in [1.807, 2.05) is 24.3 Å². The average Bonchev–Trinajstić information content (AvgIpc) is 2.47. The van der Waals surface area contributed by atoms with Gasteiger partial charge in [-0.05, 0) is 36.1 Å². The Labute approximate surface area is 124 Å². The van der Waals surface area contributed by atoms with E-state index in [2.05, 4.69) is 24.1 Å². The van der Waals surface area contributed by atoms with E-state index in [-0.39, 0.29) is 5.91 Å². The number of para-hydroxylation sites is 1. The minimum atomic E-state index is -0.176. The zero-order valence-electron chi connectivity index (χ0n) is 11.6. The highest BCUT2D eigenvalue weighted by molar-refractivity contribution is 6.29. The van der Waals surface area contributed by atoms with Gasteiger partial charge in [0.25, 0.3) is 5.91 Å². The summed E-state index contributed by atoms with van der Waals surface area (Å²) in [7, 11) is 0. The smallest absolute Gasteiger partial charge is 0.257 e. The number of carbonyl (C=O) groups excluding carboxylic acids is 1. The number of nitrogens with zero attached hydrogens (tertiary/aromatic N) is 1. The van der Waals surface area contributed by atoms with Gasteiger partial charge >= 0.3 is 0 Å². The number of aromatic nitrogens is 1. The molecule has 0 fully saturated rings. The maximum atomic E-state index is 12.2. The fourth-order valence-electron chi connectivity index (χ4n) is 1.97. The molecule has 3 nitrogen and oxygen atoms in total. The molecule has 0 saturated carbocycles. The van der Waals surface area contributed by atoms with Crippen molar-refractivity contribution in [2.75, 3.05) is 5.32 Å². The Morgan fingerprint density at radius 2 is 2.05 bits per heavy atom. The van der Waals surface area contributed by atoms with Crippen LogP contribution in [0.4, 0.5) is 5.69 Å². The minimum absolute atomic E-state index is 0.176. The zero-order chi connectivity index (χ0) is 14.5. The first-order chi connectivity index (χ1) is 9.61. The average molecular weight is 289 g/mol. The first kappa shape index (κ1) is 14.5. The molecule has 0 aliphatic carbocycles. The molecule has 1 aromatic heterocycles. The molecule has 1 N–H and O–H groups in total. The zero-order valence-corrected chi connectivity index (χ0v) is 12.3. The lowest BCUT2D eigenvalue weighted by Crippen LogP contribution is -2.14. The number of amides is 1. The van der Waals surface area contributed by atoms with Crippen LogP contribution in [0.25, 0.3) is 0 Å². The Hall–Kier alpha value is -1.87. The molecule has 0 unspecified atom stereocenters. The van der Waals surface area contributed by atoms with Crippen molar-refractivity contribution in [3.63, 3.8) is 0 Å². The maximum absolute atomic E-state index is 12.2. The molecule has 0 radical (unpaired) electrons. The summed E-state index contributed by atoms with van der Waals surface area (Å²) >= 11 is 5.72. The molecule has 0 bridgehead atoms. The van der Waals surface area contributed by atoms with Crippen LogP contribution in [0.3, 0.4) is 0 Å². The Morgan fingerprint density at radius 1 is 1.30 bits per heavy atom. The summed E-state index contributed by atoms with van der Waals surface area (Å²) in [6, 6.07) is 11.1. The van der Waals surface area contributed by atoms with Crippen molar-refractivity contribution < 1.29 is 4.79 Å². The van der Waals surface area contributed by atoms with Crippen LogP contribution in [0, 0.1) is 0 Å². The van der Waals surface area contributed by atoms with Gasteiger partial charge in [-0.3, -0.25) is 4.79 Å². The van der Waals surface area contributed by atoms with Gasteiger partial charge in [0.15, 0.2) is 0 Å². The second kappa shape index (κ2) is 6.53. The summed E-state index contributed by atoms with van der Waals surface area (Å²) in [5.74, 6) is 0.222. The molecule has 1 amide bonds. The molecule has 0 aliphatic rings. The van der Waals surface area contributed by atoms with Crippen molar-refractivity contribution in [3.8, 4) is 0 Å². The van der Waals surface area contributed by atoms with Crippen molar-refractivity contribution in [1.29, 1.82) is 0 Å². The lowest BCUT2D eigenvalue weighted by Gasteiger charge is -2.15. The fraction of sp³-hybridized carbons (Fsp3) is 0.250. The largest absolute Gasteiger partial charge is 0.322 e. The van der Waals surface area contributed by atoms with Crippen LogP contribution in [0.1, 0.15) is 42.1 Å². The van der Waals surface area contributed by atoms with Gasteiger partial charge in [-0.1, -0.05) is 43.6 Å². The van der Waals surface area contributed by atoms with E-state index >= 15 is 0 Å². The molecule has 0 spiro atoms. The number of halogens is 1. The molecule has 2 rings (SSSR count). The summed E-state index contributed by atoms with van der Waals surface area (Å²) < 4.78 is 0. The predicted octanol–water partition coefficient (Wildman–Crippen LogP) is 4.50. The van der Waals surface area contributed by atoms with E-state index < -0.39 is 0 Å². The second-order valence-corrected chi connectivity index (χ2v) is 5.11. The fourth-order valence-corrected chi connectivity index (χ4v) is 2.08. The highest BCUT2D eigenvalue weighted by Crippen LogP contribution is 2.26. The first-order valence-electron chi connectivity index (χ1n) is 6.63. The third kappa shape index (κ3) is 3.36. The van der Waals surface area contributed by atoms with Crippen LogP contribution < -0.4 is 5.32 Å². The summed E-state index contributed by atoms with van der Waals surface area (Å²) in [6.45, 7) is 4.28. The van der Waals surface area contributed by atoms with Gasteiger partial charge < -0.3 is 5.32 Å². The van der Waals surface area contributed by atoms with Gasteiger partial charge in [0, 0.05) is 11.9 Å². The molecular formula is C16H17ClN2O. The number of nitrogens with one attached hydrogen (secondary N) is 1. The number of pyridine rings is 1. The molecule has 20 heavy (non-hydrogen) atoms. The topological polar surface area (TPSA) is 42.0 Å². The van der Waals surface area contributed by atoms with Crippen LogP contribution in [0.5, 0.6) is 0 Å². The first-order valence-corrected chi connectivity index (χ1v) is 7.01. The number of benzene rings is 1. The quantitative estimate of drug-likeness (QED) is 0.842. The Bertz CT molecular complexity index is 596. The minimum Gasteiger partial charge on any atom is -0.322 e. The lowest BCUT2D eigenvalue weighted by molar-refractivity contribution is 0.102. The normalized spacial score (nSPS) is 11.9. The standard InChI is InChI=1S/C16H17ClN2O/c1-3-11(2)13-6-4-5-7-14(13)19-16(20)12-8-9-15(17)18-10-12/h4-11H,3H2,1-2H3,(H,19,20)/t11-/m1/s1. The van der Waals surface area contributed by atoms with Crippen LogP contribution in [-0.4, -0.2) is 10.9 Å². The molecule has 2 aromatic rings. The second-order valence-electron chi connectivity index (χ2n) is 4.72. The molecule has 1 aromatic carbocycles. The van der Waals surface area contributed by atoms with Gasteiger partial charge in [0.2, 0.25) is 0 Å². The van der Waals surface area contributed by atoms with E-state index in [0.717, 1.165) is 17.7 Å². The molecule has 4 heteroatoms. The Morgan fingerprint density at radius 3 is 2.70 bits per heavy atom. The van der Waals surface area contributed by atoms with E-state index in [4.69, 9.17) is 11.6 Å². The van der Waals surface area contributed by atoms with Crippen molar-refractivity contribution in [3.05, 3.63) is 58.9 Å². The molecule has 1 heterocycles. The lowest BCUT2D eigenvalue weighted by atomic mass is 9.97.